The summed E-state index contributed by atoms with van der Waals surface area (Å²) in [6.45, 7) is 20.9. The second-order valence-electron chi connectivity index (χ2n) is 14.2. The number of halogens is 2. The summed E-state index contributed by atoms with van der Waals surface area (Å²) in [5, 5.41) is 5.41. The molecule has 272 valence electrons. The van der Waals surface area contributed by atoms with Gasteiger partial charge in [0.2, 0.25) is 0 Å². The van der Waals surface area contributed by atoms with E-state index >= 15 is 4.39 Å². The number of nitrogens with zero attached hydrogens (tertiary/aromatic N) is 4. The SMILES string of the molecule is C=CCOC1(C)CCN(c2c([C@H](OC(C)(C)C)C(=O)OC)c(C)nc3cc(-c4ccc(F)c(-c5c(Cl)cccc5O[C@@H](C)CC=C)c4)nn23)CC1. The fraction of sp³-hybridized carbons (Fsp3) is 0.425. The second kappa shape index (κ2) is 15.6. The summed E-state index contributed by atoms with van der Waals surface area (Å²) in [6, 6.07) is 11.9. The van der Waals surface area contributed by atoms with Crippen molar-refractivity contribution in [2.75, 3.05) is 31.7 Å². The number of carbonyl (C=O) groups is 1. The Morgan fingerprint density at radius 1 is 1.14 bits per heavy atom. The van der Waals surface area contributed by atoms with Crippen molar-refractivity contribution < 1.29 is 28.1 Å². The van der Waals surface area contributed by atoms with Crippen LogP contribution in [0.1, 0.15) is 71.2 Å². The number of anilines is 1. The van der Waals surface area contributed by atoms with Gasteiger partial charge in [-0.25, -0.2) is 14.2 Å². The molecule has 0 amide bonds. The third kappa shape index (κ3) is 8.46. The Balaban J connectivity index is 1.67. The van der Waals surface area contributed by atoms with Crippen molar-refractivity contribution in [3.63, 3.8) is 0 Å². The summed E-state index contributed by atoms with van der Waals surface area (Å²) in [4.78, 5) is 20.5. The number of rotatable bonds is 13. The lowest BCUT2D eigenvalue weighted by Gasteiger charge is -2.41. The molecule has 0 radical (unpaired) electrons. The maximum atomic E-state index is 15.7. The molecule has 9 nitrogen and oxygen atoms in total. The fourth-order valence-corrected chi connectivity index (χ4v) is 6.66. The molecule has 0 spiro atoms. The number of carbonyl (C=O) groups excluding carboxylic acids is 1. The van der Waals surface area contributed by atoms with Gasteiger partial charge in [-0.15, -0.1) is 13.2 Å². The molecule has 5 rings (SSSR count). The van der Waals surface area contributed by atoms with Crippen LogP contribution in [-0.2, 0) is 19.0 Å². The molecule has 2 atom stereocenters. The first kappa shape index (κ1) is 38.0. The predicted octanol–water partition coefficient (Wildman–Crippen LogP) is 9.10. The Kier molecular flexibility index (Phi) is 11.6. The van der Waals surface area contributed by atoms with E-state index in [2.05, 4.69) is 25.0 Å². The minimum atomic E-state index is -1.07. The maximum Gasteiger partial charge on any atom is 0.339 e. The fourth-order valence-electron chi connectivity index (χ4n) is 6.39. The Morgan fingerprint density at radius 3 is 2.51 bits per heavy atom. The van der Waals surface area contributed by atoms with Crippen molar-refractivity contribution in [2.45, 2.75) is 84.2 Å². The van der Waals surface area contributed by atoms with Crippen molar-refractivity contribution in [2.24, 2.45) is 0 Å². The molecule has 0 aliphatic carbocycles. The average Bonchev–Trinajstić information content (AvgIpc) is 3.50. The summed E-state index contributed by atoms with van der Waals surface area (Å²) in [6.07, 6.45) is 4.34. The summed E-state index contributed by atoms with van der Waals surface area (Å²) in [5.74, 6) is 0.148. The minimum Gasteiger partial charge on any atom is -0.490 e. The molecule has 2 aromatic carbocycles. The molecular formula is C40H48ClFN4O5. The molecule has 0 unspecified atom stereocenters. The largest absolute Gasteiger partial charge is 0.490 e. The number of benzene rings is 2. The van der Waals surface area contributed by atoms with Gasteiger partial charge in [0.15, 0.2) is 11.8 Å². The monoisotopic (exact) mass is 718 g/mol. The third-order valence-electron chi connectivity index (χ3n) is 8.96. The first-order chi connectivity index (χ1) is 24.2. The Hall–Kier alpha value is -4.25. The van der Waals surface area contributed by atoms with Gasteiger partial charge in [0.25, 0.3) is 0 Å². The number of aromatic nitrogens is 3. The van der Waals surface area contributed by atoms with Crippen molar-refractivity contribution in [1.29, 1.82) is 0 Å². The van der Waals surface area contributed by atoms with E-state index in [1.165, 1.54) is 13.2 Å². The second-order valence-corrected chi connectivity index (χ2v) is 14.6. The minimum absolute atomic E-state index is 0.191. The van der Waals surface area contributed by atoms with Crippen LogP contribution in [0.25, 0.3) is 28.0 Å². The van der Waals surface area contributed by atoms with E-state index < -0.39 is 23.5 Å². The number of fused-ring (bicyclic) bond motifs is 1. The molecule has 1 aliphatic heterocycles. The number of hydrogen-bond acceptors (Lipinski definition) is 8. The van der Waals surface area contributed by atoms with E-state index in [-0.39, 0.29) is 17.3 Å². The quantitative estimate of drug-likeness (QED) is 0.1000. The number of methoxy groups -OCH3 is 1. The van der Waals surface area contributed by atoms with Crippen LogP contribution >= 0.6 is 11.6 Å². The predicted molar refractivity (Wildman–Crippen MR) is 200 cm³/mol. The van der Waals surface area contributed by atoms with Gasteiger partial charge in [-0.1, -0.05) is 29.8 Å². The van der Waals surface area contributed by atoms with Crippen molar-refractivity contribution in [1.82, 2.24) is 14.6 Å². The van der Waals surface area contributed by atoms with Crippen molar-refractivity contribution in [3.05, 3.63) is 89.9 Å². The van der Waals surface area contributed by atoms with Crippen LogP contribution < -0.4 is 9.64 Å². The Bertz CT molecular complexity index is 1910. The number of esters is 1. The molecule has 0 saturated carbocycles. The smallest absolute Gasteiger partial charge is 0.339 e. The molecule has 1 saturated heterocycles. The van der Waals surface area contributed by atoms with E-state index in [1.54, 1.807) is 47.0 Å². The average molecular weight is 719 g/mol. The van der Waals surface area contributed by atoms with Gasteiger partial charge in [-0.05, 0) is 84.7 Å². The van der Waals surface area contributed by atoms with Crippen molar-refractivity contribution >= 4 is 29.0 Å². The van der Waals surface area contributed by atoms with Crippen molar-refractivity contribution in [3.8, 4) is 28.1 Å². The van der Waals surface area contributed by atoms with Crippen LogP contribution in [0.2, 0.25) is 5.02 Å². The number of ether oxygens (including phenoxy) is 4. The highest BCUT2D eigenvalue weighted by molar-refractivity contribution is 6.33. The van der Waals surface area contributed by atoms with Gasteiger partial charge in [-0.3, -0.25) is 0 Å². The number of aryl methyl sites for hydroxylation is 1. The normalized spacial score (nSPS) is 15.7. The van der Waals surface area contributed by atoms with Crippen LogP contribution in [0.5, 0.6) is 5.75 Å². The van der Waals surface area contributed by atoms with E-state index in [4.69, 9.17) is 40.6 Å². The highest BCUT2D eigenvalue weighted by Gasteiger charge is 2.38. The standard InChI is InChI=1S/C40H48ClFN4O5/c1-10-13-25(3)50-32-15-12-14-29(41)35(32)28-23-27(16-17-30(28)42)31-24-33-43-26(4)34(36(38(47)48-9)51-39(5,6)7)37(46(33)44-31)45-20-18-40(8,19-21-45)49-22-11-2/h10-12,14-17,23-25,36H,1-2,13,18-22H2,3-9H3/t25-,36-/m0/s1. The van der Waals surface area contributed by atoms with Crippen LogP contribution in [0.4, 0.5) is 10.2 Å². The van der Waals surface area contributed by atoms with Gasteiger partial charge >= 0.3 is 5.97 Å². The molecule has 3 heterocycles. The molecule has 0 N–H and O–H groups in total. The number of piperidine rings is 1. The molecule has 51 heavy (non-hydrogen) atoms. The Morgan fingerprint density at radius 2 is 1.86 bits per heavy atom. The summed E-state index contributed by atoms with van der Waals surface area (Å²) in [7, 11) is 1.35. The van der Waals surface area contributed by atoms with E-state index in [0.29, 0.717) is 76.4 Å². The molecule has 1 aliphatic rings. The summed E-state index contributed by atoms with van der Waals surface area (Å²) in [5.41, 5.74) is 2.65. The van der Waals surface area contributed by atoms with Crippen LogP contribution in [0.15, 0.2) is 67.8 Å². The van der Waals surface area contributed by atoms with Gasteiger partial charge in [-0.2, -0.15) is 9.61 Å². The topological polar surface area (TPSA) is 87.4 Å². The first-order valence-corrected chi connectivity index (χ1v) is 17.6. The zero-order chi connectivity index (χ0) is 37.1. The summed E-state index contributed by atoms with van der Waals surface area (Å²) < 4.78 is 41.4. The van der Waals surface area contributed by atoms with Gasteiger partial charge in [0, 0.05) is 48.0 Å². The van der Waals surface area contributed by atoms with E-state index in [1.807, 2.05) is 40.7 Å². The highest BCUT2D eigenvalue weighted by atomic mass is 35.5. The molecule has 11 heteroatoms. The zero-order valence-corrected chi connectivity index (χ0v) is 31.3. The van der Waals surface area contributed by atoms with E-state index in [9.17, 15) is 4.79 Å². The Labute approximate surface area is 305 Å². The molecular weight excluding hydrogens is 671 g/mol. The van der Waals surface area contributed by atoms with Gasteiger partial charge in [0.1, 0.15) is 17.4 Å². The molecule has 0 bridgehead atoms. The third-order valence-corrected chi connectivity index (χ3v) is 9.27. The summed E-state index contributed by atoms with van der Waals surface area (Å²) >= 11 is 6.70. The van der Waals surface area contributed by atoms with E-state index in [0.717, 1.165) is 12.8 Å². The lowest BCUT2D eigenvalue weighted by atomic mass is 9.92. The van der Waals surface area contributed by atoms with Crippen LogP contribution in [-0.4, -0.2) is 64.7 Å². The maximum absolute atomic E-state index is 15.7. The zero-order valence-electron chi connectivity index (χ0n) is 30.6. The van der Waals surface area contributed by atoms with Crippen LogP contribution in [0, 0.1) is 12.7 Å². The first-order valence-electron chi connectivity index (χ1n) is 17.2. The lowest BCUT2D eigenvalue weighted by Crippen LogP contribution is -2.45. The number of hydrogen-bond donors (Lipinski definition) is 0. The van der Waals surface area contributed by atoms with Gasteiger partial charge < -0.3 is 23.8 Å². The van der Waals surface area contributed by atoms with Crippen LogP contribution in [0.3, 0.4) is 0 Å². The highest BCUT2D eigenvalue weighted by Crippen LogP contribution is 2.42. The molecule has 2 aromatic heterocycles. The molecule has 4 aromatic rings. The van der Waals surface area contributed by atoms with Gasteiger partial charge in [0.05, 0.1) is 47.3 Å². The molecule has 1 fully saturated rings. The lowest BCUT2D eigenvalue weighted by molar-refractivity contribution is -0.164.